The molecule has 122 valence electrons. The number of ether oxygens (including phenoxy) is 1. The van der Waals surface area contributed by atoms with E-state index in [4.69, 9.17) is 7.80 Å². The van der Waals surface area contributed by atoms with Crippen molar-refractivity contribution in [2.24, 2.45) is 0 Å². The van der Waals surface area contributed by atoms with Crippen LogP contribution in [0.1, 0.15) is 18.4 Å². The predicted molar refractivity (Wildman–Crippen MR) is 104 cm³/mol. The van der Waals surface area contributed by atoms with Gasteiger partial charge in [0.25, 0.3) is 0 Å². The van der Waals surface area contributed by atoms with Crippen LogP contribution >= 0.6 is 23.0 Å². The first-order valence-electron chi connectivity index (χ1n) is 7.70. The van der Waals surface area contributed by atoms with E-state index < -0.39 is 0 Å². The lowest BCUT2D eigenvalue weighted by atomic mass is 9.95. The lowest BCUT2D eigenvalue weighted by Gasteiger charge is -2.17. The smallest absolute Gasteiger partial charge is 0.351 e. The van der Waals surface area contributed by atoms with Crippen molar-refractivity contribution in [3.63, 3.8) is 0 Å². The fourth-order valence-corrected chi connectivity index (χ4v) is 3.09. The van der Waals surface area contributed by atoms with Crippen molar-refractivity contribution in [3.05, 3.63) is 77.1 Å². The number of hydrogen-bond donors (Lipinski definition) is 0. The first kappa shape index (κ1) is 16.8. The van der Waals surface area contributed by atoms with Crippen LogP contribution in [0.4, 0.5) is 0 Å². The molecule has 2 aromatic rings. The molecular weight excluding hydrogens is 415 g/mol. The normalized spacial score (nSPS) is 14.8. The fourth-order valence-electron chi connectivity index (χ4n) is 2.87. The van der Waals surface area contributed by atoms with Gasteiger partial charge in [0.1, 0.15) is 11.3 Å². The second-order valence-electron chi connectivity index (χ2n) is 5.50. The SMILES string of the molecule is COC1=C(C(=O)OI)C(/C=C/c2ccc3ccccc3c2)=CCC1. The molecule has 0 N–H and O–H groups in total. The molecule has 0 spiro atoms. The molecule has 0 aliphatic heterocycles. The Morgan fingerprint density at radius 3 is 2.67 bits per heavy atom. The molecule has 1 aliphatic rings. The zero-order valence-electron chi connectivity index (χ0n) is 13.3. The molecule has 0 heterocycles. The van der Waals surface area contributed by atoms with Gasteiger partial charge in [-0.2, -0.15) is 0 Å². The Morgan fingerprint density at radius 2 is 1.92 bits per heavy atom. The van der Waals surface area contributed by atoms with Crippen LogP contribution in [0.2, 0.25) is 0 Å². The monoisotopic (exact) mass is 432 g/mol. The Kier molecular flexibility index (Phi) is 5.35. The summed E-state index contributed by atoms with van der Waals surface area (Å²) in [5.41, 5.74) is 2.43. The second-order valence-corrected chi connectivity index (χ2v) is 5.95. The van der Waals surface area contributed by atoms with E-state index in [0.29, 0.717) is 17.8 Å². The third-order valence-corrected chi connectivity index (χ3v) is 4.45. The van der Waals surface area contributed by atoms with Crippen LogP contribution < -0.4 is 0 Å². The number of methoxy groups -OCH3 is 1. The largest absolute Gasteiger partial charge is 0.500 e. The van der Waals surface area contributed by atoms with Crippen molar-refractivity contribution < 1.29 is 12.6 Å². The van der Waals surface area contributed by atoms with E-state index >= 15 is 0 Å². The van der Waals surface area contributed by atoms with Gasteiger partial charge in [0.2, 0.25) is 0 Å². The summed E-state index contributed by atoms with van der Waals surface area (Å²) in [5, 5.41) is 2.40. The van der Waals surface area contributed by atoms with E-state index in [1.807, 2.05) is 30.4 Å². The van der Waals surface area contributed by atoms with Crippen LogP contribution in [-0.4, -0.2) is 13.1 Å². The number of benzene rings is 2. The van der Waals surface area contributed by atoms with Crippen molar-refractivity contribution in [3.8, 4) is 0 Å². The molecule has 1 aliphatic carbocycles. The van der Waals surface area contributed by atoms with Crippen molar-refractivity contribution >= 4 is 45.8 Å². The number of halogens is 1. The highest BCUT2D eigenvalue weighted by molar-refractivity contribution is 14.1. The molecule has 4 heteroatoms. The summed E-state index contributed by atoms with van der Waals surface area (Å²) < 4.78 is 10.2. The highest BCUT2D eigenvalue weighted by Gasteiger charge is 2.23. The molecule has 3 nitrogen and oxygen atoms in total. The quantitative estimate of drug-likeness (QED) is 0.610. The predicted octanol–water partition coefficient (Wildman–Crippen LogP) is 5.37. The minimum absolute atomic E-state index is 0.374. The van der Waals surface area contributed by atoms with Crippen molar-refractivity contribution in [1.29, 1.82) is 0 Å². The summed E-state index contributed by atoms with van der Waals surface area (Å²) in [6.07, 6.45) is 7.56. The minimum Gasteiger partial charge on any atom is -0.500 e. The Morgan fingerprint density at radius 1 is 1.12 bits per heavy atom. The molecule has 0 radical (unpaired) electrons. The molecule has 0 amide bonds. The lowest BCUT2D eigenvalue weighted by molar-refractivity contribution is -0.127. The third kappa shape index (κ3) is 3.53. The number of rotatable bonds is 4. The van der Waals surface area contributed by atoms with Gasteiger partial charge >= 0.3 is 5.97 Å². The summed E-state index contributed by atoms with van der Waals surface area (Å²) in [6.45, 7) is 0. The Labute approximate surface area is 155 Å². The molecule has 0 fully saturated rings. The molecule has 0 atom stereocenters. The molecule has 0 bridgehead atoms. The second kappa shape index (κ2) is 7.66. The highest BCUT2D eigenvalue weighted by Crippen LogP contribution is 2.29. The fraction of sp³-hybridized carbons (Fsp3) is 0.150. The van der Waals surface area contributed by atoms with Crippen LogP contribution in [0.25, 0.3) is 16.8 Å². The zero-order chi connectivity index (χ0) is 16.9. The maximum absolute atomic E-state index is 12.1. The van der Waals surface area contributed by atoms with Gasteiger partial charge in [0.05, 0.1) is 7.11 Å². The standard InChI is InChI=1S/C20H17IO3/c1-23-18-8-4-7-16(19(18)20(22)24-21)12-10-14-9-11-15-5-2-3-6-17(15)13-14/h2-3,5-7,9-13H,4,8H2,1H3/b12-10+. The van der Waals surface area contributed by atoms with Gasteiger partial charge in [-0.15, -0.1) is 0 Å². The van der Waals surface area contributed by atoms with Crippen molar-refractivity contribution in [2.45, 2.75) is 12.8 Å². The van der Waals surface area contributed by atoms with Crippen molar-refractivity contribution in [1.82, 2.24) is 0 Å². The van der Waals surface area contributed by atoms with E-state index in [0.717, 1.165) is 17.6 Å². The molecule has 0 unspecified atom stereocenters. The first-order valence-corrected chi connectivity index (χ1v) is 8.58. The third-order valence-electron chi connectivity index (χ3n) is 4.05. The molecule has 24 heavy (non-hydrogen) atoms. The maximum atomic E-state index is 12.1. The average molecular weight is 432 g/mol. The Balaban J connectivity index is 1.92. The van der Waals surface area contributed by atoms with E-state index in [1.165, 1.54) is 10.8 Å². The van der Waals surface area contributed by atoms with Crippen LogP contribution in [0.5, 0.6) is 0 Å². The van der Waals surface area contributed by atoms with Gasteiger partial charge in [-0.05, 0) is 34.4 Å². The zero-order valence-corrected chi connectivity index (χ0v) is 15.4. The van der Waals surface area contributed by atoms with Crippen LogP contribution in [0.15, 0.2) is 71.5 Å². The van der Waals surface area contributed by atoms with Gasteiger partial charge in [-0.1, -0.05) is 54.6 Å². The molecular formula is C20H17IO3. The van der Waals surface area contributed by atoms with Crippen LogP contribution in [0.3, 0.4) is 0 Å². The average Bonchev–Trinajstić information content (AvgIpc) is 2.65. The highest BCUT2D eigenvalue weighted by atomic mass is 127. The van der Waals surface area contributed by atoms with Gasteiger partial charge < -0.3 is 7.80 Å². The molecule has 0 saturated heterocycles. The first-order chi connectivity index (χ1) is 11.7. The number of carbonyl (C=O) groups is 1. The number of fused-ring (bicyclic) bond motifs is 1. The van der Waals surface area contributed by atoms with E-state index in [-0.39, 0.29) is 5.97 Å². The summed E-state index contributed by atoms with van der Waals surface area (Å²) >= 11 is 1.61. The molecule has 3 rings (SSSR count). The van der Waals surface area contributed by atoms with Gasteiger partial charge in [-0.3, -0.25) is 0 Å². The molecule has 2 aromatic carbocycles. The van der Waals surface area contributed by atoms with Gasteiger partial charge in [0.15, 0.2) is 23.0 Å². The van der Waals surface area contributed by atoms with E-state index in [2.05, 4.69) is 30.3 Å². The Hall–Kier alpha value is -2.08. The minimum atomic E-state index is -0.374. The topological polar surface area (TPSA) is 35.5 Å². The van der Waals surface area contributed by atoms with Gasteiger partial charge in [-0.25, -0.2) is 4.79 Å². The van der Waals surface area contributed by atoms with E-state index in [1.54, 1.807) is 30.1 Å². The maximum Gasteiger partial charge on any atom is 0.351 e. The summed E-state index contributed by atoms with van der Waals surface area (Å²) in [5.74, 6) is 0.305. The van der Waals surface area contributed by atoms with Crippen LogP contribution in [0, 0.1) is 0 Å². The molecule has 0 saturated carbocycles. The summed E-state index contributed by atoms with van der Waals surface area (Å²) in [7, 11) is 1.59. The van der Waals surface area contributed by atoms with Crippen LogP contribution in [-0.2, 0) is 12.6 Å². The Bertz CT molecular complexity index is 862. The number of allylic oxidation sites excluding steroid dienone is 3. The summed E-state index contributed by atoms with van der Waals surface area (Å²) in [6, 6.07) is 14.5. The molecule has 0 aromatic heterocycles. The van der Waals surface area contributed by atoms with Crippen molar-refractivity contribution in [2.75, 3.05) is 7.11 Å². The lowest BCUT2D eigenvalue weighted by Crippen LogP contribution is -2.11. The summed E-state index contributed by atoms with van der Waals surface area (Å²) in [4.78, 5) is 12.1. The number of hydrogen-bond acceptors (Lipinski definition) is 3. The van der Waals surface area contributed by atoms with E-state index in [9.17, 15) is 4.79 Å². The van der Waals surface area contributed by atoms with Gasteiger partial charge in [0, 0.05) is 6.42 Å². The number of carbonyl (C=O) groups excluding carboxylic acids is 1.